The van der Waals surface area contributed by atoms with Crippen LogP contribution in [0.4, 0.5) is 0 Å². The summed E-state index contributed by atoms with van der Waals surface area (Å²) in [5.74, 6) is 0.609. The molecule has 0 aliphatic heterocycles. The van der Waals surface area contributed by atoms with Gasteiger partial charge in [0, 0.05) is 12.3 Å². The number of nitrogens with zero attached hydrogens (tertiary/aromatic N) is 1. The van der Waals surface area contributed by atoms with Crippen LogP contribution in [0, 0.1) is 0 Å². The minimum Gasteiger partial charge on any atom is -0.478 e. The van der Waals surface area contributed by atoms with Crippen molar-refractivity contribution in [3.8, 4) is 5.88 Å². The van der Waals surface area contributed by atoms with Crippen molar-refractivity contribution in [1.29, 1.82) is 0 Å². The largest absolute Gasteiger partial charge is 0.478 e. The molecule has 1 heterocycles. The van der Waals surface area contributed by atoms with Crippen LogP contribution in [0.15, 0.2) is 18.3 Å². The third-order valence-corrected chi connectivity index (χ3v) is 2.23. The summed E-state index contributed by atoms with van der Waals surface area (Å²) in [6.07, 6.45) is 6.42. The van der Waals surface area contributed by atoms with Gasteiger partial charge in [0.05, 0.1) is 13.2 Å². The molecule has 1 N–H and O–H groups in total. The number of pyridine rings is 1. The zero-order valence-electron chi connectivity index (χ0n) is 9.28. The van der Waals surface area contributed by atoms with E-state index >= 15 is 0 Å². The van der Waals surface area contributed by atoms with Crippen molar-refractivity contribution in [2.75, 3.05) is 6.61 Å². The summed E-state index contributed by atoms with van der Waals surface area (Å²) < 4.78 is 5.47. The fourth-order valence-electron chi connectivity index (χ4n) is 1.33. The van der Waals surface area contributed by atoms with E-state index in [0.717, 1.165) is 12.0 Å². The van der Waals surface area contributed by atoms with E-state index in [1.807, 2.05) is 0 Å². The SMILES string of the molecule is CCCCCCOc1cc(CO)ccn1. The van der Waals surface area contributed by atoms with Crippen LogP contribution in [0.5, 0.6) is 5.88 Å². The molecule has 0 spiro atoms. The molecule has 3 nitrogen and oxygen atoms in total. The Morgan fingerprint density at radius 2 is 2.20 bits per heavy atom. The average molecular weight is 209 g/mol. The van der Waals surface area contributed by atoms with Crippen molar-refractivity contribution >= 4 is 0 Å². The molecule has 0 radical (unpaired) electrons. The van der Waals surface area contributed by atoms with Crippen LogP contribution in [0.25, 0.3) is 0 Å². The lowest BCUT2D eigenvalue weighted by Crippen LogP contribution is -1.99. The Hall–Kier alpha value is -1.09. The Morgan fingerprint density at radius 1 is 1.33 bits per heavy atom. The summed E-state index contributed by atoms with van der Waals surface area (Å²) in [6.45, 7) is 2.93. The van der Waals surface area contributed by atoms with Crippen molar-refractivity contribution < 1.29 is 9.84 Å². The molecule has 1 rings (SSSR count). The highest BCUT2D eigenvalue weighted by atomic mass is 16.5. The molecular weight excluding hydrogens is 190 g/mol. The standard InChI is InChI=1S/C12H19NO2/c1-2-3-4-5-8-15-12-9-11(10-14)6-7-13-12/h6-7,9,14H,2-5,8,10H2,1H3. The van der Waals surface area contributed by atoms with Gasteiger partial charge in [-0.2, -0.15) is 0 Å². The average Bonchev–Trinajstić information content (AvgIpc) is 2.29. The molecule has 0 aliphatic rings. The number of ether oxygens (including phenoxy) is 1. The summed E-state index contributed by atoms with van der Waals surface area (Å²) in [4.78, 5) is 4.07. The predicted molar refractivity (Wildman–Crippen MR) is 59.8 cm³/mol. The van der Waals surface area contributed by atoms with Crippen LogP contribution in [0.2, 0.25) is 0 Å². The van der Waals surface area contributed by atoms with Gasteiger partial charge >= 0.3 is 0 Å². The first kappa shape index (κ1) is 12.0. The topological polar surface area (TPSA) is 42.4 Å². The van der Waals surface area contributed by atoms with Gasteiger partial charge in [0.2, 0.25) is 5.88 Å². The number of aliphatic hydroxyl groups is 1. The first-order valence-corrected chi connectivity index (χ1v) is 5.55. The second kappa shape index (κ2) is 7.23. The highest BCUT2D eigenvalue weighted by Gasteiger charge is 1.97. The van der Waals surface area contributed by atoms with Crippen molar-refractivity contribution in [2.24, 2.45) is 0 Å². The number of rotatable bonds is 7. The van der Waals surface area contributed by atoms with Gasteiger partial charge in [-0.25, -0.2) is 4.98 Å². The van der Waals surface area contributed by atoms with Crippen LogP contribution < -0.4 is 4.74 Å². The van der Waals surface area contributed by atoms with Crippen molar-refractivity contribution in [1.82, 2.24) is 4.98 Å². The zero-order chi connectivity index (χ0) is 10.9. The van der Waals surface area contributed by atoms with Gasteiger partial charge in [-0.15, -0.1) is 0 Å². The zero-order valence-corrected chi connectivity index (χ0v) is 9.28. The normalized spacial score (nSPS) is 10.3. The Balaban J connectivity index is 2.24. The molecule has 1 aromatic rings. The molecule has 0 fully saturated rings. The van der Waals surface area contributed by atoms with Crippen molar-refractivity contribution in [3.05, 3.63) is 23.9 Å². The first-order chi connectivity index (χ1) is 7.36. The number of hydrogen-bond donors (Lipinski definition) is 1. The molecule has 3 heteroatoms. The predicted octanol–water partition coefficient (Wildman–Crippen LogP) is 2.53. The maximum absolute atomic E-state index is 8.92. The number of aliphatic hydroxyl groups excluding tert-OH is 1. The van der Waals surface area contributed by atoms with Gasteiger partial charge in [0.15, 0.2) is 0 Å². The van der Waals surface area contributed by atoms with Crippen molar-refractivity contribution in [2.45, 2.75) is 39.2 Å². The lowest BCUT2D eigenvalue weighted by molar-refractivity contribution is 0.275. The third-order valence-electron chi connectivity index (χ3n) is 2.23. The molecule has 84 valence electrons. The van der Waals surface area contributed by atoms with Crippen LogP contribution in [0.1, 0.15) is 38.2 Å². The molecule has 0 atom stereocenters. The summed E-state index contributed by atoms with van der Waals surface area (Å²) >= 11 is 0. The molecule has 1 aromatic heterocycles. The fraction of sp³-hybridized carbons (Fsp3) is 0.583. The second-order valence-electron chi connectivity index (χ2n) is 3.57. The quantitative estimate of drug-likeness (QED) is 0.702. The van der Waals surface area contributed by atoms with E-state index in [1.54, 1.807) is 18.3 Å². The van der Waals surface area contributed by atoms with Crippen LogP contribution in [-0.4, -0.2) is 16.7 Å². The highest BCUT2D eigenvalue weighted by Crippen LogP contribution is 2.10. The van der Waals surface area contributed by atoms with Crippen LogP contribution in [0.3, 0.4) is 0 Å². The Bertz CT molecular complexity index is 276. The maximum atomic E-state index is 8.92. The summed E-state index contributed by atoms with van der Waals surface area (Å²) in [5.41, 5.74) is 0.841. The number of aromatic nitrogens is 1. The Kier molecular flexibility index (Phi) is 5.78. The minimum atomic E-state index is 0.0364. The molecule has 0 saturated carbocycles. The summed E-state index contributed by atoms with van der Waals surface area (Å²) in [7, 11) is 0. The number of hydrogen-bond acceptors (Lipinski definition) is 3. The molecule has 0 saturated heterocycles. The van der Waals surface area contributed by atoms with Crippen molar-refractivity contribution in [3.63, 3.8) is 0 Å². The minimum absolute atomic E-state index is 0.0364. The van der Waals surface area contributed by atoms with Gasteiger partial charge in [-0.1, -0.05) is 26.2 Å². The van der Waals surface area contributed by atoms with Gasteiger partial charge in [-0.3, -0.25) is 0 Å². The molecule has 0 unspecified atom stereocenters. The van der Waals surface area contributed by atoms with E-state index in [1.165, 1.54) is 19.3 Å². The monoisotopic (exact) mass is 209 g/mol. The smallest absolute Gasteiger partial charge is 0.213 e. The van der Waals surface area contributed by atoms with Gasteiger partial charge < -0.3 is 9.84 Å². The maximum Gasteiger partial charge on any atom is 0.213 e. The van der Waals surface area contributed by atoms with E-state index in [0.29, 0.717) is 12.5 Å². The van der Waals surface area contributed by atoms with Crippen LogP contribution >= 0.6 is 0 Å². The molecule has 0 aromatic carbocycles. The van der Waals surface area contributed by atoms with E-state index in [2.05, 4.69) is 11.9 Å². The Labute approximate surface area is 91.1 Å². The Morgan fingerprint density at radius 3 is 2.93 bits per heavy atom. The number of unbranched alkanes of at least 4 members (excludes halogenated alkanes) is 3. The molecule has 0 amide bonds. The second-order valence-corrected chi connectivity index (χ2v) is 3.57. The van der Waals surface area contributed by atoms with Crippen LogP contribution in [-0.2, 0) is 6.61 Å². The first-order valence-electron chi connectivity index (χ1n) is 5.55. The summed E-state index contributed by atoms with van der Waals surface area (Å²) in [6, 6.07) is 3.56. The lowest BCUT2D eigenvalue weighted by Gasteiger charge is -2.05. The van der Waals surface area contributed by atoms with E-state index in [9.17, 15) is 0 Å². The fourth-order valence-corrected chi connectivity index (χ4v) is 1.33. The van der Waals surface area contributed by atoms with Gasteiger partial charge in [0.25, 0.3) is 0 Å². The molecule has 0 aliphatic carbocycles. The highest BCUT2D eigenvalue weighted by molar-refractivity contribution is 5.19. The van der Waals surface area contributed by atoms with Gasteiger partial charge in [0.1, 0.15) is 0 Å². The van der Waals surface area contributed by atoms with E-state index < -0.39 is 0 Å². The molecule has 15 heavy (non-hydrogen) atoms. The van der Waals surface area contributed by atoms with E-state index in [-0.39, 0.29) is 6.61 Å². The summed E-state index contributed by atoms with van der Waals surface area (Å²) in [5, 5.41) is 8.92. The van der Waals surface area contributed by atoms with E-state index in [4.69, 9.17) is 9.84 Å². The molecular formula is C12H19NO2. The lowest BCUT2D eigenvalue weighted by atomic mass is 10.2. The van der Waals surface area contributed by atoms with Gasteiger partial charge in [-0.05, 0) is 18.1 Å². The molecule has 0 bridgehead atoms. The third kappa shape index (κ3) is 4.79.